The molecule has 1 saturated heterocycles. The van der Waals surface area contributed by atoms with E-state index in [1.807, 2.05) is 0 Å². The Kier molecular flexibility index (Phi) is 6.96. The highest BCUT2D eigenvalue weighted by atomic mass is 35.5. The standard InChI is InChI=1S/C20H21ClN2O6S/c1-28-18-7-3-2-5-16(18)22-19(24)13-29-20(25)17-6-4-12-23(17)30(26,27)15-10-8-14(21)9-11-15/h2-3,5,7-11,17H,4,6,12-13H2,1H3,(H,22,24)/t17-/m1/s1. The maximum Gasteiger partial charge on any atom is 0.324 e. The van der Waals surface area contributed by atoms with E-state index in [0.717, 1.165) is 4.31 Å². The zero-order valence-electron chi connectivity index (χ0n) is 16.2. The van der Waals surface area contributed by atoms with Gasteiger partial charge in [0.2, 0.25) is 10.0 Å². The van der Waals surface area contributed by atoms with Crippen LogP contribution < -0.4 is 10.1 Å². The summed E-state index contributed by atoms with van der Waals surface area (Å²) in [4.78, 5) is 24.7. The lowest BCUT2D eigenvalue weighted by Gasteiger charge is -2.22. The van der Waals surface area contributed by atoms with Crippen molar-refractivity contribution in [3.63, 3.8) is 0 Å². The third-order valence-corrected chi connectivity index (χ3v) is 6.80. The first kappa shape index (κ1) is 22.1. The summed E-state index contributed by atoms with van der Waals surface area (Å²) in [6.45, 7) is -0.347. The predicted octanol–water partition coefficient (Wildman–Crippen LogP) is 2.68. The second-order valence-corrected chi connectivity index (χ2v) is 8.91. The fraction of sp³-hybridized carbons (Fsp3) is 0.300. The minimum Gasteiger partial charge on any atom is -0.495 e. The van der Waals surface area contributed by atoms with Crippen molar-refractivity contribution in [2.24, 2.45) is 0 Å². The topological polar surface area (TPSA) is 102 Å². The van der Waals surface area contributed by atoms with Crippen LogP contribution in [-0.4, -0.2) is 50.9 Å². The van der Waals surface area contributed by atoms with E-state index in [9.17, 15) is 18.0 Å². The predicted molar refractivity (Wildman–Crippen MR) is 111 cm³/mol. The van der Waals surface area contributed by atoms with Crippen molar-refractivity contribution in [2.45, 2.75) is 23.8 Å². The normalized spacial score (nSPS) is 16.8. The maximum atomic E-state index is 12.9. The van der Waals surface area contributed by atoms with Crippen LogP contribution in [0.3, 0.4) is 0 Å². The number of carbonyl (C=O) groups excluding carboxylic acids is 2. The van der Waals surface area contributed by atoms with Crippen LogP contribution in [-0.2, 0) is 24.3 Å². The van der Waals surface area contributed by atoms with Crippen molar-refractivity contribution in [1.29, 1.82) is 0 Å². The van der Waals surface area contributed by atoms with E-state index in [0.29, 0.717) is 29.3 Å². The van der Waals surface area contributed by atoms with Crippen molar-refractivity contribution < 1.29 is 27.5 Å². The number of benzene rings is 2. The molecular weight excluding hydrogens is 432 g/mol. The summed E-state index contributed by atoms with van der Waals surface area (Å²) < 4.78 is 37.1. The zero-order chi connectivity index (χ0) is 21.7. The number of methoxy groups -OCH3 is 1. The van der Waals surface area contributed by atoms with Gasteiger partial charge in [0.25, 0.3) is 5.91 Å². The van der Waals surface area contributed by atoms with Gasteiger partial charge in [-0.25, -0.2) is 8.42 Å². The molecule has 3 rings (SSSR count). The minimum atomic E-state index is -3.89. The third-order valence-electron chi connectivity index (χ3n) is 4.62. The van der Waals surface area contributed by atoms with Crippen LogP contribution in [0.2, 0.25) is 5.02 Å². The third kappa shape index (κ3) is 4.92. The molecule has 160 valence electrons. The number of carbonyl (C=O) groups is 2. The molecule has 1 N–H and O–H groups in total. The van der Waals surface area contributed by atoms with Crippen molar-refractivity contribution in [3.05, 3.63) is 53.6 Å². The molecule has 2 aromatic carbocycles. The summed E-state index contributed by atoms with van der Waals surface area (Å²) in [5.74, 6) is -0.855. The van der Waals surface area contributed by atoms with E-state index in [-0.39, 0.29) is 11.4 Å². The Morgan fingerprint density at radius 2 is 1.87 bits per heavy atom. The Bertz CT molecular complexity index is 1030. The zero-order valence-corrected chi connectivity index (χ0v) is 17.8. The number of nitrogens with one attached hydrogen (secondary N) is 1. The summed E-state index contributed by atoms with van der Waals surface area (Å²) in [6, 6.07) is 11.5. The Morgan fingerprint density at radius 3 is 2.57 bits per heavy atom. The van der Waals surface area contributed by atoms with E-state index in [1.54, 1.807) is 24.3 Å². The molecule has 2 aromatic rings. The molecule has 1 fully saturated rings. The number of para-hydroxylation sites is 2. The van der Waals surface area contributed by atoms with Gasteiger partial charge >= 0.3 is 5.97 Å². The molecule has 0 unspecified atom stereocenters. The first-order valence-electron chi connectivity index (χ1n) is 9.20. The van der Waals surface area contributed by atoms with Gasteiger partial charge in [-0.15, -0.1) is 0 Å². The molecule has 1 atom stereocenters. The van der Waals surface area contributed by atoms with E-state index < -0.39 is 34.5 Å². The molecule has 0 aromatic heterocycles. The lowest BCUT2D eigenvalue weighted by molar-refractivity contribution is -0.150. The molecule has 30 heavy (non-hydrogen) atoms. The van der Waals surface area contributed by atoms with Crippen LogP contribution in [0.5, 0.6) is 5.75 Å². The number of hydrogen-bond donors (Lipinski definition) is 1. The van der Waals surface area contributed by atoms with Gasteiger partial charge in [-0.3, -0.25) is 9.59 Å². The van der Waals surface area contributed by atoms with Crippen molar-refractivity contribution in [1.82, 2.24) is 4.31 Å². The monoisotopic (exact) mass is 452 g/mol. The first-order valence-corrected chi connectivity index (χ1v) is 11.0. The summed E-state index contributed by atoms with van der Waals surface area (Å²) in [5, 5.41) is 3.00. The molecule has 8 nitrogen and oxygen atoms in total. The van der Waals surface area contributed by atoms with Crippen molar-refractivity contribution in [3.8, 4) is 5.75 Å². The van der Waals surface area contributed by atoms with Gasteiger partial charge in [-0.05, 0) is 49.2 Å². The molecule has 0 saturated carbocycles. The van der Waals surface area contributed by atoms with E-state index >= 15 is 0 Å². The van der Waals surface area contributed by atoms with Gasteiger partial charge in [-0.2, -0.15) is 4.31 Å². The first-order chi connectivity index (χ1) is 14.3. The highest BCUT2D eigenvalue weighted by molar-refractivity contribution is 7.89. The van der Waals surface area contributed by atoms with Crippen LogP contribution in [0, 0.1) is 0 Å². The fourth-order valence-corrected chi connectivity index (χ4v) is 4.95. The molecular formula is C20H21ClN2O6S. The Hall–Kier alpha value is -2.62. The van der Waals surface area contributed by atoms with Gasteiger partial charge in [0.1, 0.15) is 11.8 Å². The maximum absolute atomic E-state index is 12.9. The van der Waals surface area contributed by atoms with Gasteiger partial charge < -0.3 is 14.8 Å². The van der Waals surface area contributed by atoms with Gasteiger partial charge in [0.15, 0.2) is 6.61 Å². The lowest BCUT2D eigenvalue weighted by atomic mass is 10.2. The number of sulfonamides is 1. The number of rotatable bonds is 7. The Balaban J connectivity index is 1.63. The average molecular weight is 453 g/mol. The lowest BCUT2D eigenvalue weighted by Crippen LogP contribution is -2.42. The molecule has 0 aliphatic carbocycles. The minimum absolute atomic E-state index is 0.0421. The van der Waals surface area contributed by atoms with Crippen molar-refractivity contribution in [2.75, 3.05) is 25.6 Å². The van der Waals surface area contributed by atoms with Crippen molar-refractivity contribution >= 4 is 39.2 Å². The number of amides is 1. The van der Waals surface area contributed by atoms with E-state index in [4.69, 9.17) is 21.1 Å². The number of anilines is 1. The van der Waals surface area contributed by atoms with Crippen LogP contribution >= 0.6 is 11.6 Å². The number of hydrogen-bond acceptors (Lipinski definition) is 6. The van der Waals surface area contributed by atoms with E-state index in [1.165, 1.54) is 31.4 Å². The molecule has 1 aliphatic rings. The smallest absolute Gasteiger partial charge is 0.324 e. The molecule has 0 radical (unpaired) electrons. The van der Waals surface area contributed by atoms with Gasteiger partial charge in [-0.1, -0.05) is 23.7 Å². The Labute approximate surface area is 179 Å². The number of ether oxygens (including phenoxy) is 2. The molecule has 10 heteroatoms. The summed E-state index contributed by atoms with van der Waals surface area (Å²) in [7, 11) is -2.42. The van der Waals surface area contributed by atoms with Crippen LogP contribution in [0.4, 0.5) is 5.69 Å². The largest absolute Gasteiger partial charge is 0.495 e. The quantitative estimate of drug-likeness (QED) is 0.648. The van der Waals surface area contributed by atoms with Crippen LogP contribution in [0.25, 0.3) is 0 Å². The Morgan fingerprint density at radius 1 is 1.17 bits per heavy atom. The highest BCUT2D eigenvalue weighted by Crippen LogP contribution is 2.28. The molecule has 0 bridgehead atoms. The van der Waals surface area contributed by atoms with Gasteiger partial charge in [0.05, 0.1) is 17.7 Å². The SMILES string of the molecule is COc1ccccc1NC(=O)COC(=O)[C@H]1CCCN1S(=O)(=O)c1ccc(Cl)cc1. The van der Waals surface area contributed by atoms with Crippen LogP contribution in [0.1, 0.15) is 12.8 Å². The molecule has 0 spiro atoms. The van der Waals surface area contributed by atoms with Gasteiger partial charge in [0, 0.05) is 11.6 Å². The molecule has 1 aliphatic heterocycles. The second-order valence-electron chi connectivity index (χ2n) is 6.58. The molecule has 1 amide bonds. The molecule has 1 heterocycles. The van der Waals surface area contributed by atoms with E-state index in [2.05, 4.69) is 5.32 Å². The summed E-state index contributed by atoms with van der Waals surface area (Å²) in [5.41, 5.74) is 0.439. The van der Waals surface area contributed by atoms with Crippen LogP contribution in [0.15, 0.2) is 53.4 Å². The average Bonchev–Trinajstić information content (AvgIpc) is 3.24. The summed E-state index contributed by atoms with van der Waals surface area (Å²) >= 11 is 5.82. The fourth-order valence-electron chi connectivity index (χ4n) is 3.17. The number of nitrogens with zero attached hydrogens (tertiary/aromatic N) is 1. The number of halogens is 1. The highest BCUT2D eigenvalue weighted by Gasteiger charge is 2.40. The summed E-state index contributed by atoms with van der Waals surface area (Å²) in [6.07, 6.45) is 0.833. The second kappa shape index (κ2) is 9.46. The number of esters is 1.